The Bertz CT molecular complexity index is 772. The highest BCUT2D eigenvalue weighted by molar-refractivity contribution is 6.33. The highest BCUT2D eigenvalue weighted by Crippen LogP contribution is 2.23. The van der Waals surface area contributed by atoms with Gasteiger partial charge >= 0.3 is 0 Å². The van der Waals surface area contributed by atoms with Gasteiger partial charge in [-0.3, -0.25) is 9.69 Å². The van der Waals surface area contributed by atoms with Crippen LogP contribution in [0.4, 0.5) is 8.78 Å². The summed E-state index contributed by atoms with van der Waals surface area (Å²) in [7, 11) is 2.06. The van der Waals surface area contributed by atoms with Crippen LogP contribution in [-0.2, 0) is 0 Å². The Morgan fingerprint density at radius 3 is 2.41 bits per heavy atom. The number of amides is 1. The lowest BCUT2D eigenvalue weighted by Crippen LogP contribution is -2.48. The first-order valence-electron chi connectivity index (χ1n) is 8.86. The second-order valence-corrected chi connectivity index (χ2v) is 7.12. The SMILES string of the molecule is CN1CCN([C@H](CNC(=O)c2c(F)cccc2Cl)c2ccc(F)cc2)CC1. The van der Waals surface area contributed by atoms with Gasteiger partial charge in [0.1, 0.15) is 11.6 Å². The summed E-state index contributed by atoms with van der Waals surface area (Å²) in [5.74, 6) is -1.52. The first-order valence-corrected chi connectivity index (χ1v) is 9.24. The molecule has 7 heteroatoms. The average Bonchev–Trinajstić information content (AvgIpc) is 2.64. The van der Waals surface area contributed by atoms with Crippen molar-refractivity contribution in [3.8, 4) is 0 Å². The van der Waals surface area contributed by atoms with Crippen molar-refractivity contribution < 1.29 is 13.6 Å². The molecule has 4 nitrogen and oxygen atoms in total. The Morgan fingerprint density at radius 1 is 1.11 bits per heavy atom. The van der Waals surface area contributed by atoms with Gasteiger partial charge in [0.05, 0.1) is 16.6 Å². The fraction of sp³-hybridized carbons (Fsp3) is 0.350. The van der Waals surface area contributed by atoms with Gasteiger partial charge in [0.2, 0.25) is 0 Å². The number of piperazine rings is 1. The first-order chi connectivity index (χ1) is 13.0. The minimum atomic E-state index is -0.655. The fourth-order valence-corrected chi connectivity index (χ4v) is 3.52. The summed E-state index contributed by atoms with van der Waals surface area (Å²) in [6.07, 6.45) is 0. The van der Waals surface area contributed by atoms with Crippen LogP contribution in [0.5, 0.6) is 0 Å². The van der Waals surface area contributed by atoms with E-state index in [0.29, 0.717) is 0 Å². The van der Waals surface area contributed by atoms with E-state index in [9.17, 15) is 13.6 Å². The molecule has 0 spiro atoms. The van der Waals surface area contributed by atoms with Gasteiger partial charge in [-0.2, -0.15) is 0 Å². The molecule has 1 fully saturated rings. The second-order valence-electron chi connectivity index (χ2n) is 6.71. The molecule has 2 aromatic rings. The van der Waals surface area contributed by atoms with Crippen LogP contribution in [0.15, 0.2) is 42.5 Å². The van der Waals surface area contributed by atoms with E-state index >= 15 is 0 Å². The molecule has 2 aromatic carbocycles. The van der Waals surface area contributed by atoms with Crippen LogP contribution < -0.4 is 5.32 Å². The molecule has 0 radical (unpaired) electrons. The van der Waals surface area contributed by atoms with Crippen LogP contribution in [0.1, 0.15) is 22.0 Å². The average molecular weight is 394 g/mol. The number of carbonyl (C=O) groups is 1. The highest BCUT2D eigenvalue weighted by atomic mass is 35.5. The van der Waals surface area contributed by atoms with Gasteiger partial charge in [-0.15, -0.1) is 0 Å². The lowest BCUT2D eigenvalue weighted by molar-refractivity contribution is 0.0883. The third-order valence-corrected chi connectivity index (χ3v) is 5.19. The summed E-state index contributed by atoms with van der Waals surface area (Å²) in [6, 6.07) is 10.3. The Balaban J connectivity index is 1.77. The van der Waals surface area contributed by atoms with Crippen molar-refractivity contribution in [2.45, 2.75) is 6.04 Å². The third kappa shape index (κ3) is 4.83. The highest BCUT2D eigenvalue weighted by Gasteiger charge is 2.25. The van der Waals surface area contributed by atoms with Crippen molar-refractivity contribution >= 4 is 17.5 Å². The van der Waals surface area contributed by atoms with E-state index in [1.165, 1.54) is 30.3 Å². The van der Waals surface area contributed by atoms with Crippen molar-refractivity contribution in [1.29, 1.82) is 0 Å². The molecular weight excluding hydrogens is 372 g/mol. The molecule has 0 aromatic heterocycles. The van der Waals surface area contributed by atoms with Crippen LogP contribution in [-0.4, -0.2) is 55.5 Å². The summed E-state index contributed by atoms with van der Waals surface area (Å²) in [5, 5.41) is 2.86. The van der Waals surface area contributed by atoms with E-state index in [4.69, 9.17) is 11.6 Å². The van der Waals surface area contributed by atoms with Crippen molar-refractivity contribution in [2.75, 3.05) is 39.8 Å². The molecular formula is C20H22ClF2N3O. The molecule has 0 saturated carbocycles. The summed E-state index contributed by atoms with van der Waals surface area (Å²) in [5.41, 5.74) is 0.747. The fourth-order valence-electron chi connectivity index (χ4n) is 3.27. The van der Waals surface area contributed by atoms with Crippen molar-refractivity contribution in [3.63, 3.8) is 0 Å². The zero-order valence-electron chi connectivity index (χ0n) is 15.1. The maximum atomic E-state index is 14.0. The van der Waals surface area contributed by atoms with E-state index in [-0.39, 0.29) is 29.0 Å². The topological polar surface area (TPSA) is 35.6 Å². The van der Waals surface area contributed by atoms with Crippen molar-refractivity contribution in [2.24, 2.45) is 0 Å². The Kier molecular flexibility index (Phi) is 6.42. The predicted molar refractivity (Wildman–Crippen MR) is 102 cm³/mol. The second kappa shape index (κ2) is 8.78. The molecule has 1 heterocycles. The summed E-state index contributed by atoms with van der Waals surface area (Å²) in [6.45, 7) is 3.75. The Labute approximate surface area is 162 Å². The zero-order chi connectivity index (χ0) is 19.4. The Morgan fingerprint density at radius 2 is 1.78 bits per heavy atom. The zero-order valence-corrected chi connectivity index (χ0v) is 15.8. The van der Waals surface area contributed by atoms with Gasteiger partial charge < -0.3 is 10.2 Å². The number of nitrogens with zero attached hydrogens (tertiary/aromatic N) is 2. The number of nitrogens with one attached hydrogen (secondary N) is 1. The number of halogens is 3. The van der Waals surface area contributed by atoms with E-state index in [0.717, 1.165) is 31.7 Å². The van der Waals surface area contributed by atoms with E-state index in [1.807, 2.05) is 0 Å². The lowest BCUT2D eigenvalue weighted by Gasteiger charge is -2.38. The molecule has 0 unspecified atom stereocenters. The molecule has 1 saturated heterocycles. The van der Waals surface area contributed by atoms with E-state index < -0.39 is 11.7 Å². The van der Waals surface area contributed by atoms with E-state index in [1.54, 1.807) is 12.1 Å². The Hall–Kier alpha value is -2.02. The molecule has 1 aliphatic heterocycles. The lowest BCUT2D eigenvalue weighted by atomic mass is 10.0. The van der Waals surface area contributed by atoms with Crippen LogP contribution >= 0.6 is 11.6 Å². The number of hydrogen-bond acceptors (Lipinski definition) is 3. The van der Waals surface area contributed by atoms with Crippen LogP contribution in [0.25, 0.3) is 0 Å². The number of hydrogen-bond donors (Lipinski definition) is 1. The smallest absolute Gasteiger partial charge is 0.255 e. The van der Waals surface area contributed by atoms with Gasteiger partial charge in [-0.25, -0.2) is 8.78 Å². The van der Waals surface area contributed by atoms with Crippen molar-refractivity contribution in [3.05, 3.63) is 70.2 Å². The van der Waals surface area contributed by atoms with Gasteiger partial charge in [-0.05, 0) is 36.9 Å². The van der Waals surface area contributed by atoms with Crippen molar-refractivity contribution in [1.82, 2.24) is 15.1 Å². The molecule has 0 bridgehead atoms. The standard InChI is InChI=1S/C20H22ClF2N3O/c1-25-9-11-26(12-10-25)18(14-5-7-15(22)8-6-14)13-24-20(27)19-16(21)3-2-4-17(19)23/h2-8,18H,9-13H2,1H3,(H,24,27)/t18-/m1/s1. The summed E-state index contributed by atoms with van der Waals surface area (Å²) in [4.78, 5) is 17.0. The quantitative estimate of drug-likeness (QED) is 0.846. The summed E-state index contributed by atoms with van der Waals surface area (Å²) >= 11 is 5.98. The van der Waals surface area contributed by atoms with Gasteiger partial charge in [0.25, 0.3) is 5.91 Å². The molecule has 1 amide bonds. The third-order valence-electron chi connectivity index (χ3n) is 4.88. The normalized spacial score (nSPS) is 16.9. The van der Waals surface area contributed by atoms with Gasteiger partial charge in [0, 0.05) is 32.7 Å². The number of carbonyl (C=O) groups excluding carboxylic acids is 1. The number of likely N-dealkylation sites (N-methyl/N-ethyl adjacent to an activating group) is 1. The molecule has 144 valence electrons. The van der Waals surface area contributed by atoms with E-state index in [2.05, 4.69) is 22.2 Å². The first kappa shape index (κ1) is 19.7. The monoisotopic (exact) mass is 393 g/mol. The molecule has 3 rings (SSSR count). The van der Waals surface area contributed by atoms with Crippen LogP contribution in [0, 0.1) is 11.6 Å². The molecule has 27 heavy (non-hydrogen) atoms. The minimum absolute atomic E-state index is 0.0745. The minimum Gasteiger partial charge on any atom is -0.350 e. The van der Waals surface area contributed by atoms with Crippen LogP contribution in [0.2, 0.25) is 5.02 Å². The summed E-state index contributed by atoms with van der Waals surface area (Å²) < 4.78 is 27.3. The maximum absolute atomic E-state index is 14.0. The predicted octanol–water partition coefficient (Wildman–Crippen LogP) is 3.34. The maximum Gasteiger partial charge on any atom is 0.255 e. The largest absolute Gasteiger partial charge is 0.350 e. The molecule has 1 N–H and O–H groups in total. The molecule has 0 aliphatic carbocycles. The molecule has 1 atom stereocenters. The van der Waals surface area contributed by atoms with Gasteiger partial charge in [-0.1, -0.05) is 29.8 Å². The molecule has 1 aliphatic rings. The van der Waals surface area contributed by atoms with Gasteiger partial charge in [0.15, 0.2) is 0 Å². The number of rotatable bonds is 5. The number of benzene rings is 2. The van der Waals surface area contributed by atoms with Crippen LogP contribution in [0.3, 0.4) is 0 Å².